The number of pyridine rings is 1. The van der Waals surface area contributed by atoms with Crippen LogP contribution in [0.5, 0.6) is 0 Å². The zero-order valence-corrected chi connectivity index (χ0v) is 20.4. The fourth-order valence-electron chi connectivity index (χ4n) is 3.68. The van der Waals surface area contributed by atoms with Gasteiger partial charge < -0.3 is 4.57 Å². The molecule has 0 radical (unpaired) electrons. The van der Waals surface area contributed by atoms with Crippen molar-refractivity contribution in [3.63, 3.8) is 0 Å². The van der Waals surface area contributed by atoms with Crippen LogP contribution in [0.4, 0.5) is 0 Å². The summed E-state index contributed by atoms with van der Waals surface area (Å²) in [6, 6.07) is 18.6. The normalized spacial score (nSPS) is 12.0. The Kier molecular flexibility index (Phi) is 6.76. The second kappa shape index (κ2) is 9.54. The van der Waals surface area contributed by atoms with Gasteiger partial charge in [-0.05, 0) is 52.9 Å². The SMILES string of the molecule is CN(C)S(=O)(=O)NCCc1cn(Cc2ccccc2Br)c2cc(-c3ccncc3)ccc12. The number of fused-ring (bicyclic) bond motifs is 1. The van der Waals surface area contributed by atoms with Gasteiger partial charge >= 0.3 is 0 Å². The molecule has 0 unspecified atom stereocenters. The molecule has 0 spiro atoms. The Morgan fingerprint density at radius 3 is 2.47 bits per heavy atom. The first-order chi connectivity index (χ1) is 15.3. The highest BCUT2D eigenvalue weighted by Crippen LogP contribution is 2.29. The minimum Gasteiger partial charge on any atom is -0.343 e. The van der Waals surface area contributed by atoms with Crippen molar-refractivity contribution in [1.29, 1.82) is 0 Å². The van der Waals surface area contributed by atoms with Gasteiger partial charge in [-0.3, -0.25) is 4.98 Å². The molecule has 32 heavy (non-hydrogen) atoms. The van der Waals surface area contributed by atoms with Crippen LogP contribution < -0.4 is 4.72 Å². The smallest absolute Gasteiger partial charge is 0.278 e. The minimum atomic E-state index is -3.45. The average Bonchev–Trinajstić information content (AvgIpc) is 3.12. The first kappa shape index (κ1) is 22.7. The largest absolute Gasteiger partial charge is 0.343 e. The molecular weight excluding hydrogens is 488 g/mol. The van der Waals surface area contributed by atoms with E-state index in [1.165, 1.54) is 24.0 Å². The van der Waals surface area contributed by atoms with Crippen molar-refractivity contribution in [2.24, 2.45) is 0 Å². The Morgan fingerprint density at radius 2 is 1.75 bits per heavy atom. The van der Waals surface area contributed by atoms with Crippen LogP contribution in [0.25, 0.3) is 22.0 Å². The molecule has 2 heterocycles. The summed E-state index contributed by atoms with van der Waals surface area (Å²) >= 11 is 3.65. The third-order valence-electron chi connectivity index (χ3n) is 5.44. The van der Waals surface area contributed by atoms with Gasteiger partial charge in [-0.2, -0.15) is 12.7 Å². The molecule has 4 rings (SSSR count). The summed E-state index contributed by atoms with van der Waals surface area (Å²) in [5.41, 5.74) is 5.62. The molecule has 2 aromatic heterocycles. The molecule has 0 aliphatic rings. The zero-order chi connectivity index (χ0) is 22.7. The molecule has 0 bridgehead atoms. The maximum Gasteiger partial charge on any atom is 0.278 e. The Balaban J connectivity index is 1.71. The Hall–Kier alpha value is -2.52. The second-order valence-electron chi connectivity index (χ2n) is 7.77. The predicted molar refractivity (Wildman–Crippen MR) is 133 cm³/mol. The van der Waals surface area contributed by atoms with Crippen LogP contribution in [-0.2, 0) is 23.2 Å². The van der Waals surface area contributed by atoms with Gasteiger partial charge in [-0.1, -0.05) is 46.3 Å². The molecule has 6 nitrogen and oxygen atoms in total. The number of hydrogen-bond donors (Lipinski definition) is 1. The van der Waals surface area contributed by atoms with Crippen LogP contribution >= 0.6 is 15.9 Å². The average molecular weight is 513 g/mol. The maximum absolute atomic E-state index is 12.1. The van der Waals surface area contributed by atoms with Crippen molar-refractivity contribution < 1.29 is 8.42 Å². The minimum absolute atomic E-state index is 0.334. The fourth-order valence-corrected chi connectivity index (χ4v) is 4.70. The molecule has 2 aromatic carbocycles. The third-order valence-corrected chi connectivity index (χ3v) is 7.74. The summed E-state index contributed by atoms with van der Waals surface area (Å²) in [6.07, 6.45) is 6.31. The molecule has 1 N–H and O–H groups in total. The molecule has 0 aliphatic carbocycles. The van der Waals surface area contributed by atoms with Crippen LogP contribution in [-0.4, -0.2) is 42.9 Å². The van der Waals surface area contributed by atoms with Crippen molar-refractivity contribution in [2.75, 3.05) is 20.6 Å². The highest BCUT2D eigenvalue weighted by molar-refractivity contribution is 9.10. The number of hydrogen-bond acceptors (Lipinski definition) is 3. The lowest BCUT2D eigenvalue weighted by molar-refractivity contribution is 0.506. The van der Waals surface area contributed by atoms with E-state index in [2.05, 4.69) is 60.7 Å². The fraction of sp³-hybridized carbons (Fsp3) is 0.208. The van der Waals surface area contributed by atoms with Crippen molar-refractivity contribution in [1.82, 2.24) is 18.6 Å². The summed E-state index contributed by atoms with van der Waals surface area (Å²) in [5.74, 6) is 0. The van der Waals surface area contributed by atoms with Gasteiger partial charge in [0.15, 0.2) is 0 Å². The Bertz CT molecular complexity index is 1330. The van der Waals surface area contributed by atoms with E-state index >= 15 is 0 Å². The van der Waals surface area contributed by atoms with E-state index < -0.39 is 10.2 Å². The van der Waals surface area contributed by atoms with Crippen LogP contribution in [0.3, 0.4) is 0 Å². The topological polar surface area (TPSA) is 67.2 Å². The Morgan fingerprint density at radius 1 is 1.00 bits per heavy atom. The van der Waals surface area contributed by atoms with Gasteiger partial charge in [0.25, 0.3) is 10.2 Å². The number of rotatable bonds is 8. The predicted octanol–water partition coefficient (Wildman–Crippen LogP) is 4.45. The lowest BCUT2D eigenvalue weighted by atomic mass is 10.0. The van der Waals surface area contributed by atoms with Gasteiger partial charge in [-0.15, -0.1) is 0 Å². The standard InChI is InChI=1S/C24H25BrN4O2S/c1-28(2)32(30,31)27-14-11-20-16-29(17-21-5-3-4-6-23(21)25)24-15-19(7-8-22(20)24)18-9-12-26-13-10-18/h3-10,12-13,15-16,27H,11,14,17H2,1-2H3. The summed E-state index contributed by atoms with van der Waals surface area (Å²) in [5, 5.41) is 1.12. The molecule has 0 amide bonds. The van der Waals surface area contributed by atoms with Gasteiger partial charge in [0.2, 0.25) is 0 Å². The van der Waals surface area contributed by atoms with Crippen LogP contribution in [0.2, 0.25) is 0 Å². The molecule has 0 atom stereocenters. The van der Waals surface area contributed by atoms with E-state index in [-0.39, 0.29) is 0 Å². The highest BCUT2D eigenvalue weighted by atomic mass is 79.9. The van der Waals surface area contributed by atoms with Crippen LogP contribution in [0.1, 0.15) is 11.1 Å². The van der Waals surface area contributed by atoms with E-state index in [1.807, 2.05) is 30.3 Å². The first-order valence-corrected chi connectivity index (χ1v) is 12.5. The molecule has 0 fully saturated rings. The summed E-state index contributed by atoms with van der Waals surface area (Å²) in [4.78, 5) is 4.12. The summed E-state index contributed by atoms with van der Waals surface area (Å²) in [7, 11) is -0.407. The number of aromatic nitrogens is 2. The van der Waals surface area contributed by atoms with E-state index in [1.54, 1.807) is 12.4 Å². The van der Waals surface area contributed by atoms with Crippen molar-refractivity contribution in [3.8, 4) is 11.1 Å². The van der Waals surface area contributed by atoms with Gasteiger partial charge in [0, 0.05) is 61.2 Å². The second-order valence-corrected chi connectivity index (χ2v) is 10.6. The quantitative estimate of drug-likeness (QED) is 0.379. The van der Waals surface area contributed by atoms with E-state index in [4.69, 9.17) is 0 Å². The maximum atomic E-state index is 12.1. The van der Waals surface area contributed by atoms with E-state index in [0.29, 0.717) is 19.5 Å². The first-order valence-electron chi connectivity index (χ1n) is 10.3. The molecule has 0 saturated heterocycles. The monoisotopic (exact) mass is 512 g/mol. The third kappa shape index (κ3) is 4.94. The zero-order valence-electron chi connectivity index (χ0n) is 18.0. The molecule has 166 valence electrons. The lowest BCUT2D eigenvalue weighted by Gasteiger charge is -2.11. The molecule has 0 saturated carbocycles. The molecular formula is C24H25BrN4O2S. The highest BCUT2D eigenvalue weighted by Gasteiger charge is 2.15. The van der Waals surface area contributed by atoms with Crippen molar-refractivity contribution in [3.05, 3.63) is 88.8 Å². The van der Waals surface area contributed by atoms with E-state index in [9.17, 15) is 8.42 Å². The van der Waals surface area contributed by atoms with Crippen LogP contribution in [0, 0.1) is 0 Å². The summed E-state index contributed by atoms with van der Waals surface area (Å²) in [6.45, 7) is 1.04. The summed E-state index contributed by atoms with van der Waals surface area (Å²) < 4.78 is 31.3. The van der Waals surface area contributed by atoms with Gasteiger partial charge in [0.05, 0.1) is 0 Å². The number of nitrogens with one attached hydrogen (secondary N) is 1. The van der Waals surface area contributed by atoms with Gasteiger partial charge in [-0.25, -0.2) is 4.72 Å². The van der Waals surface area contributed by atoms with E-state index in [0.717, 1.165) is 32.1 Å². The molecule has 0 aliphatic heterocycles. The number of benzene rings is 2. The molecule has 8 heteroatoms. The number of halogens is 1. The van der Waals surface area contributed by atoms with Crippen LogP contribution in [0.15, 0.2) is 77.7 Å². The van der Waals surface area contributed by atoms with Crippen molar-refractivity contribution >= 4 is 37.0 Å². The van der Waals surface area contributed by atoms with Gasteiger partial charge in [0.1, 0.15) is 0 Å². The number of nitrogens with zero attached hydrogens (tertiary/aromatic N) is 3. The Labute approximate surface area is 197 Å². The lowest BCUT2D eigenvalue weighted by Crippen LogP contribution is -2.36. The van der Waals surface area contributed by atoms with Crippen molar-refractivity contribution in [2.45, 2.75) is 13.0 Å². The molecule has 4 aromatic rings.